The second-order valence-corrected chi connectivity index (χ2v) is 4.63. The average Bonchev–Trinajstić information content (AvgIpc) is 2.80. The van der Waals surface area contributed by atoms with Gasteiger partial charge in [0.1, 0.15) is 0 Å². The highest BCUT2D eigenvalue weighted by Gasteiger charge is 2.15. The van der Waals surface area contributed by atoms with Crippen LogP contribution in [0.25, 0.3) is 0 Å². The van der Waals surface area contributed by atoms with Crippen molar-refractivity contribution in [1.29, 1.82) is 0 Å². The fourth-order valence-corrected chi connectivity index (χ4v) is 2.13. The SMILES string of the molecule is COCC(CNCC(O)CN1CCCC1)OC. The number of aliphatic hydroxyl groups excluding tert-OH is 1. The van der Waals surface area contributed by atoms with Gasteiger partial charge >= 0.3 is 0 Å². The highest BCUT2D eigenvalue weighted by molar-refractivity contribution is 4.72. The molecule has 2 unspecified atom stereocenters. The number of nitrogens with zero attached hydrogens (tertiary/aromatic N) is 1. The van der Waals surface area contributed by atoms with Gasteiger partial charge in [0.2, 0.25) is 0 Å². The summed E-state index contributed by atoms with van der Waals surface area (Å²) in [6.45, 7) is 4.92. The van der Waals surface area contributed by atoms with E-state index in [1.807, 2.05) is 0 Å². The van der Waals surface area contributed by atoms with Gasteiger partial charge < -0.3 is 24.8 Å². The van der Waals surface area contributed by atoms with E-state index in [1.165, 1.54) is 12.8 Å². The van der Waals surface area contributed by atoms with Crippen LogP contribution in [0.1, 0.15) is 12.8 Å². The Kier molecular flexibility index (Phi) is 7.72. The largest absolute Gasteiger partial charge is 0.390 e. The molecule has 102 valence electrons. The number of nitrogens with one attached hydrogen (secondary N) is 1. The minimum absolute atomic E-state index is 0.0546. The van der Waals surface area contributed by atoms with Crippen LogP contribution < -0.4 is 5.32 Å². The van der Waals surface area contributed by atoms with Crippen molar-refractivity contribution in [2.75, 3.05) is 53.6 Å². The summed E-state index contributed by atoms with van der Waals surface area (Å²) in [6, 6.07) is 0. The molecule has 1 heterocycles. The molecular weight excluding hydrogens is 220 g/mol. The zero-order valence-corrected chi connectivity index (χ0v) is 11.0. The Labute approximate surface area is 104 Å². The van der Waals surface area contributed by atoms with Crippen LogP contribution in [0, 0.1) is 0 Å². The second-order valence-electron chi connectivity index (χ2n) is 4.63. The van der Waals surface area contributed by atoms with Gasteiger partial charge in [-0.05, 0) is 25.9 Å². The molecule has 5 heteroatoms. The molecule has 0 amide bonds. The van der Waals surface area contributed by atoms with E-state index < -0.39 is 0 Å². The van der Waals surface area contributed by atoms with E-state index in [0.29, 0.717) is 19.7 Å². The van der Waals surface area contributed by atoms with Gasteiger partial charge in [-0.2, -0.15) is 0 Å². The maximum absolute atomic E-state index is 9.85. The van der Waals surface area contributed by atoms with Crippen molar-refractivity contribution < 1.29 is 14.6 Å². The summed E-state index contributed by atoms with van der Waals surface area (Å²) in [5.74, 6) is 0. The van der Waals surface area contributed by atoms with E-state index in [0.717, 1.165) is 19.6 Å². The van der Waals surface area contributed by atoms with Crippen LogP contribution in [0.15, 0.2) is 0 Å². The normalized spacial score (nSPS) is 20.6. The smallest absolute Gasteiger partial charge is 0.0928 e. The summed E-state index contributed by atoms with van der Waals surface area (Å²) in [4.78, 5) is 2.31. The van der Waals surface area contributed by atoms with Gasteiger partial charge in [-0.3, -0.25) is 0 Å². The first kappa shape index (κ1) is 14.9. The molecule has 0 aromatic heterocycles. The average molecular weight is 246 g/mol. The van der Waals surface area contributed by atoms with Gasteiger partial charge in [0.15, 0.2) is 0 Å². The first-order chi connectivity index (χ1) is 8.26. The molecule has 0 aromatic rings. The predicted molar refractivity (Wildman–Crippen MR) is 67.2 cm³/mol. The maximum Gasteiger partial charge on any atom is 0.0928 e. The lowest BCUT2D eigenvalue weighted by molar-refractivity contribution is 0.0263. The Hall–Kier alpha value is -0.200. The standard InChI is InChI=1S/C12H26N2O3/c1-16-10-12(17-2)8-13-7-11(15)9-14-5-3-4-6-14/h11-13,15H,3-10H2,1-2H3. The van der Waals surface area contributed by atoms with Crippen LogP contribution in [0.5, 0.6) is 0 Å². The van der Waals surface area contributed by atoms with E-state index in [2.05, 4.69) is 10.2 Å². The van der Waals surface area contributed by atoms with Crippen LogP contribution in [-0.4, -0.2) is 75.8 Å². The van der Waals surface area contributed by atoms with E-state index in [4.69, 9.17) is 9.47 Å². The second kappa shape index (κ2) is 8.83. The molecule has 1 rings (SSSR count). The number of hydrogen-bond donors (Lipinski definition) is 2. The van der Waals surface area contributed by atoms with Crippen molar-refractivity contribution in [2.45, 2.75) is 25.0 Å². The van der Waals surface area contributed by atoms with Crippen molar-refractivity contribution in [3.8, 4) is 0 Å². The minimum atomic E-state index is -0.298. The molecule has 1 aliphatic rings. The number of methoxy groups -OCH3 is 2. The fourth-order valence-electron chi connectivity index (χ4n) is 2.13. The molecule has 2 atom stereocenters. The lowest BCUT2D eigenvalue weighted by atomic mass is 10.3. The first-order valence-electron chi connectivity index (χ1n) is 6.39. The van der Waals surface area contributed by atoms with E-state index in [9.17, 15) is 5.11 Å². The quantitative estimate of drug-likeness (QED) is 0.585. The Balaban J connectivity index is 2.03. The number of ether oxygens (including phenoxy) is 2. The van der Waals surface area contributed by atoms with Crippen molar-refractivity contribution in [2.24, 2.45) is 0 Å². The van der Waals surface area contributed by atoms with Crippen LogP contribution in [-0.2, 0) is 9.47 Å². The molecule has 0 saturated carbocycles. The third kappa shape index (κ3) is 6.33. The van der Waals surface area contributed by atoms with Gasteiger partial charge in [0, 0.05) is 33.9 Å². The predicted octanol–water partition coefficient (Wildman–Crippen LogP) is -0.306. The zero-order valence-electron chi connectivity index (χ0n) is 11.0. The number of β-amino-alcohol motifs (C(OH)–C–C–N with tert-alkyl or cyclic N) is 1. The number of hydrogen-bond acceptors (Lipinski definition) is 5. The Bertz CT molecular complexity index is 187. The molecule has 5 nitrogen and oxygen atoms in total. The van der Waals surface area contributed by atoms with E-state index in [1.54, 1.807) is 14.2 Å². The van der Waals surface area contributed by atoms with Gasteiger partial charge in [-0.25, -0.2) is 0 Å². The van der Waals surface area contributed by atoms with Crippen molar-refractivity contribution in [3.05, 3.63) is 0 Å². The van der Waals surface area contributed by atoms with Gasteiger partial charge in [0.05, 0.1) is 18.8 Å². The van der Waals surface area contributed by atoms with Crippen LogP contribution in [0.3, 0.4) is 0 Å². The molecule has 1 aliphatic heterocycles. The molecule has 0 spiro atoms. The summed E-state index contributed by atoms with van der Waals surface area (Å²) >= 11 is 0. The number of aliphatic hydroxyl groups is 1. The van der Waals surface area contributed by atoms with E-state index >= 15 is 0 Å². The third-order valence-electron chi connectivity index (χ3n) is 3.11. The highest BCUT2D eigenvalue weighted by atomic mass is 16.5. The van der Waals surface area contributed by atoms with Crippen LogP contribution in [0.2, 0.25) is 0 Å². The molecule has 1 fully saturated rings. The van der Waals surface area contributed by atoms with Crippen molar-refractivity contribution in [1.82, 2.24) is 10.2 Å². The van der Waals surface area contributed by atoms with Gasteiger partial charge in [-0.15, -0.1) is 0 Å². The topological polar surface area (TPSA) is 54.0 Å². The molecule has 1 saturated heterocycles. The first-order valence-corrected chi connectivity index (χ1v) is 6.39. The Morgan fingerprint density at radius 2 is 1.94 bits per heavy atom. The van der Waals surface area contributed by atoms with Gasteiger partial charge in [0.25, 0.3) is 0 Å². The number of rotatable bonds is 9. The highest BCUT2D eigenvalue weighted by Crippen LogP contribution is 2.07. The maximum atomic E-state index is 9.85. The summed E-state index contributed by atoms with van der Waals surface area (Å²) < 4.78 is 10.3. The molecule has 0 bridgehead atoms. The molecule has 2 N–H and O–H groups in total. The van der Waals surface area contributed by atoms with Crippen LogP contribution >= 0.6 is 0 Å². The van der Waals surface area contributed by atoms with Crippen molar-refractivity contribution in [3.63, 3.8) is 0 Å². The summed E-state index contributed by atoms with van der Waals surface area (Å²) in [5, 5.41) is 13.1. The minimum Gasteiger partial charge on any atom is -0.390 e. The van der Waals surface area contributed by atoms with Crippen LogP contribution in [0.4, 0.5) is 0 Å². The zero-order chi connectivity index (χ0) is 12.5. The molecule has 17 heavy (non-hydrogen) atoms. The van der Waals surface area contributed by atoms with Crippen molar-refractivity contribution >= 4 is 0 Å². The Morgan fingerprint density at radius 1 is 1.24 bits per heavy atom. The monoisotopic (exact) mass is 246 g/mol. The lowest BCUT2D eigenvalue weighted by Gasteiger charge is -2.21. The summed E-state index contributed by atoms with van der Waals surface area (Å²) in [5.41, 5.74) is 0. The molecular formula is C12H26N2O3. The Morgan fingerprint density at radius 3 is 2.53 bits per heavy atom. The molecule has 0 radical (unpaired) electrons. The van der Waals surface area contributed by atoms with E-state index in [-0.39, 0.29) is 12.2 Å². The molecule has 0 aromatic carbocycles. The fraction of sp³-hybridized carbons (Fsp3) is 1.00. The summed E-state index contributed by atoms with van der Waals surface area (Å²) in [7, 11) is 3.33. The number of likely N-dealkylation sites (tertiary alicyclic amines) is 1. The lowest BCUT2D eigenvalue weighted by Crippen LogP contribution is -2.40. The third-order valence-corrected chi connectivity index (χ3v) is 3.11. The van der Waals surface area contributed by atoms with Gasteiger partial charge in [-0.1, -0.05) is 0 Å². The summed E-state index contributed by atoms with van der Waals surface area (Å²) in [6.07, 6.45) is 2.28. The molecule has 0 aliphatic carbocycles.